The average molecular weight is 343 g/mol. The summed E-state index contributed by atoms with van der Waals surface area (Å²) in [5.74, 6) is -0.206. The van der Waals surface area contributed by atoms with Crippen LogP contribution in [-0.4, -0.2) is 25.0 Å². The lowest BCUT2D eigenvalue weighted by Crippen LogP contribution is -2.09. The van der Waals surface area contributed by atoms with Crippen molar-refractivity contribution in [2.45, 2.75) is 6.92 Å². The number of allylic oxidation sites excluding steroid dienone is 1. The van der Waals surface area contributed by atoms with Gasteiger partial charge >= 0.3 is 0 Å². The molecule has 24 heavy (non-hydrogen) atoms. The van der Waals surface area contributed by atoms with Gasteiger partial charge < -0.3 is 4.57 Å². The standard InChI is InChI=1S/C17H17N3O3S/c1-12-14(10-16(11-18)20(12)2)6-9-17(21)13-4-7-15(8-5-13)19-24(3,22)23/h4-10,19H,1-3H3/b9-6-. The summed E-state index contributed by atoms with van der Waals surface area (Å²) in [4.78, 5) is 12.2. The van der Waals surface area contributed by atoms with Crippen molar-refractivity contribution in [3.8, 4) is 6.07 Å². The van der Waals surface area contributed by atoms with Crippen LogP contribution in [0.3, 0.4) is 0 Å². The van der Waals surface area contributed by atoms with Crippen molar-refractivity contribution in [2.75, 3.05) is 11.0 Å². The molecular weight excluding hydrogens is 326 g/mol. The number of carbonyl (C=O) groups excluding carboxylic acids is 1. The van der Waals surface area contributed by atoms with Gasteiger partial charge in [-0.1, -0.05) is 0 Å². The Hall–Kier alpha value is -2.85. The van der Waals surface area contributed by atoms with Gasteiger partial charge in [-0.2, -0.15) is 5.26 Å². The minimum atomic E-state index is -3.34. The molecule has 0 unspecified atom stereocenters. The van der Waals surface area contributed by atoms with Crippen molar-refractivity contribution >= 4 is 27.6 Å². The minimum absolute atomic E-state index is 0.206. The molecule has 1 heterocycles. The summed E-state index contributed by atoms with van der Waals surface area (Å²) in [6.07, 6.45) is 4.16. The Balaban J connectivity index is 2.17. The van der Waals surface area contributed by atoms with Crippen LogP contribution in [0.1, 0.15) is 27.3 Å². The summed E-state index contributed by atoms with van der Waals surface area (Å²) in [7, 11) is -1.55. The van der Waals surface area contributed by atoms with E-state index >= 15 is 0 Å². The van der Waals surface area contributed by atoms with Crippen molar-refractivity contribution < 1.29 is 13.2 Å². The van der Waals surface area contributed by atoms with Crippen LogP contribution >= 0.6 is 0 Å². The van der Waals surface area contributed by atoms with Crippen LogP contribution in [-0.2, 0) is 17.1 Å². The molecule has 0 radical (unpaired) electrons. The largest absolute Gasteiger partial charge is 0.339 e. The van der Waals surface area contributed by atoms with E-state index in [1.807, 2.05) is 6.92 Å². The third-order valence-electron chi connectivity index (χ3n) is 3.58. The van der Waals surface area contributed by atoms with E-state index in [2.05, 4.69) is 10.8 Å². The number of carbonyl (C=O) groups is 1. The lowest BCUT2D eigenvalue weighted by molar-refractivity contribution is 0.104. The van der Waals surface area contributed by atoms with Crippen LogP contribution in [0.4, 0.5) is 5.69 Å². The van der Waals surface area contributed by atoms with Crippen LogP contribution in [0, 0.1) is 18.3 Å². The second-order valence-corrected chi connectivity index (χ2v) is 7.14. The number of rotatable bonds is 5. The number of ketones is 1. The molecule has 0 amide bonds. The predicted molar refractivity (Wildman–Crippen MR) is 93.1 cm³/mol. The third-order valence-corrected chi connectivity index (χ3v) is 4.18. The first-order chi connectivity index (χ1) is 11.2. The molecule has 7 heteroatoms. The number of sulfonamides is 1. The smallest absolute Gasteiger partial charge is 0.229 e. The summed E-state index contributed by atoms with van der Waals surface area (Å²) in [5.41, 5.74) is 3.06. The van der Waals surface area contributed by atoms with Crippen LogP contribution in [0.25, 0.3) is 6.08 Å². The van der Waals surface area contributed by atoms with Gasteiger partial charge in [0.15, 0.2) is 5.78 Å². The van der Waals surface area contributed by atoms with E-state index < -0.39 is 10.0 Å². The van der Waals surface area contributed by atoms with Crippen LogP contribution < -0.4 is 4.72 Å². The van der Waals surface area contributed by atoms with Crippen molar-refractivity contribution in [2.24, 2.45) is 7.05 Å². The molecular formula is C17H17N3O3S. The molecule has 0 aliphatic heterocycles. The summed E-state index contributed by atoms with van der Waals surface area (Å²) >= 11 is 0. The Morgan fingerprint density at radius 2 is 1.92 bits per heavy atom. The number of nitrogens with zero attached hydrogens (tertiary/aromatic N) is 2. The highest BCUT2D eigenvalue weighted by molar-refractivity contribution is 7.92. The quantitative estimate of drug-likeness (QED) is 0.667. The van der Waals surface area contributed by atoms with Crippen LogP contribution in [0.2, 0.25) is 0 Å². The normalized spacial score (nSPS) is 11.4. The molecule has 1 aromatic heterocycles. The molecule has 0 fully saturated rings. The molecule has 124 valence electrons. The Bertz CT molecular complexity index is 946. The number of nitriles is 1. The molecule has 0 atom stereocenters. The van der Waals surface area contributed by atoms with Crippen LogP contribution in [0.5, 0.6) is 0 Å². The Labute approximate surface area is 141 Å². The van der Waals surface area contributed by atoms with Gasteiger partial charge in [0.1, 0.15) is 11.8 Å². The monoisotopic (exact) mass is 343 g/mol. The Morgan fingerprint density at radius 3 is 2.42 bits per heavy atom. The van der Waals surface area contributed by atoms with Gasteiger partial charge in [0.05, 0.1) is 6.26 Å². The van der Waals surface area contributed by atoms with Gasteiger partial charge in [-0.05, 0) is 55.0 Å². The summed E-state index contributed by atoms with van der Waals surface area (Å²) in [5, 5.41) is 9.01. The first-order valence-corrected chi connectivity index (χ1v) is 8.97. The van der Waals surface area contributed by atoms with Crippen molar-refractivity contribution in [3.63, 3.8) is 0 Å². The number of hydrogen-bond donors (Lipinski definition) is 1. The topological polar surface area (TPSA) is 92.0 Å². The molecule has 2 aromatic rings. The van der Waals surface area contributed by atoms with E-state index in [9.17, 15) is 13.2 Å². The molecule has 2 rings (SSSR count). The zero-order valence-corrected chi connectivity index (χ0v) is 14.4. The number of anilines is 1. The molecule has 0 aliphatic carbocycles. The van der Waals surface area contributed by atoms with Gasteiger partial charge in [0.2, 0.25) is 10.0 Å². The lowest BCUT2D eigenvalue weighted by atomic mass is 10.1. The maximum atomic E-state index is 12.2. The van der Waals surface area contributed by atoms with E-state index in [0.29, 0.717) is 16.9 Å². The number of aromatic nitrogens is 1. The molecule has 0 saturated carbocycles. The van der Waals surface area contributed by atoms with E-state index in [1.165, 1.54) is 18.2 Å². The first kappa shape index (κ1) is 17.5. The van der Waals surface area contributed by atoms with E-state index in [4.69, 9.17) is 5.26 Å². The fraction of sp³-hybridized carbons (Fsp3) is 0.176. The molecule has 0 bridgehead atoms. The Kier molecular flexibility index (Phi) is 4.90. The highest BCUT2D eigenvalue weighted by atomic mass is 32.2. The fourth-order valence-corrected chi connectivity index (χ4v) is 2.74. The average Bonchev–Trinajstić information content (AvgIpc) is 2.79. The van der Waals surface area contributed by atoms with Gasteiger partial charge in [-0.3, -0.25) is 9.52 Å². The molecule has 0 spiro atoms. The van der Waals surface area contributed by atoms with E-state index in [-0.39, 0.29) is 5.78 Å². The Morgan fingerprint density at radius 1 is 1.29 bits per heavy atom. The minimum Gasteiger partial charge on any atom is -0.339 e. The zero-order valence-electron chi connectivity index (χ0n) is 13.6. The SMILES string of the molecule is Cc1c(/C=C\C(=O)c2ccc(NS(C)(=O)=O)cc2)cc(C#N)n1C. The summed E-state index contributed by atoms with van der Waals surface area (Å²) < 4.78 is 26.4. The molecule has 1 aromatic carbocycles. The highest BCUT2D eigenvalue weighted by Crippen LogP contribution is 2.16. The summed E-state index contributed by atoms with van der Waals surface area (Å²) in [6, 6.07) is 9.98. The van der Waals surface area contributed by atoms with Crippen LogP contribution in [0.15, 0.2) is 36.4 Å². The van der Waals surface area contributed by atoms with Gasteiger partial charge in [-0.15, -0.1) is 0 Å². The molecule has 1 N–H and O–H groups in total. The number of benzene rings is 1. The maximum absolute atomic E-state index is 12.2. The second kappa shape index (κ2) is 6.72. The van der Waals surface area contributed by atoms with Crippen molar-refractivity contribution in [1.29, 1.82) is 5.26 Å². The third kappa shape index (κ3) is 4.12. The van der Waals surface area contributed by atoms with Crippen molar-refractivity contribution in [1.82, 2.24) is 4.57 Å². The van der Waals surface area contributed by atoms with E-state index in [1.54, 1.807) is 35.9 Å². The molecule has 0 aliphatic rings. The highest BCUT2D eigenvalue weighted by Gasteiger charge is 2.08. The molecule has 6 nitrogen and oxygen atoms in total. The van der Waals surface area contributed by atoms with Gasteiger partial charge in [0, 0.05) is 24.0 Å². The van der Waals surface area contributed by atoms with Gasteiger partial charge in [0.25, 0.3) is 0 Å². The number of hydrogen-bond acceptors (Lipinski definition) is 4. The summed E-state index contributed by atoms with van der Waals surface area (Å²) in [6.45, 7) is 1.87. The van der Waals surface area contributed by atoms with Crippen molar-refractivity contribution in [3.05, 3.63) is 58.9 Å². The van der Waals surface area contributed by atoms with E-state index in [0.717, 1.165) is 17.5 Å². The lowest BCUT2D eigenvalue weighted by Gasteiger charge is -2.04. The predicted octanol–water partition coefficient (Wildman–Crippen LogP) is 2.47. The first-order valence-electron chi connectivity index (χ1n) is 7.08. The zero-order chi connectivity index (χ0) is 17.9. The number of nitrogens with one attached hydrogen (secondary N) is 1. The fourth-order valence-electron chi connectivity index (χ4n) is 2.18. The second-order valence-electron chi connectivity index (χ2n) is 5.39. The maximum Gasteiger partial charge on any atom is 0.229 e. The molecule has 0 saturated heterocycles. The van der Waals surface area contributed by atoms with Gasteiger partial charge in [-0.25, -0.2) is 8.42 Å².